The summed E-state index contributed by atoms with van der Waals surface area (Å²) in [5.74, 6) is -4.11. The predicted octanol–water partition coefficient (Wildman–Crippen LogP) is 1.66. The van der Waals surface area contributed by atoms with Gasteiger partial charge in [0.25, 0.3) is 0 Å². The van der Waals surface area contributed by atoms with E-state index in [2.05, 4.69) is 5.32 Å². The molecule has 2 rings (SSSR count). The van der Waals surface area contributed by atoms with E-state index in [1.54, 1.807) is 45.0 Å². The lowest BCUT2D eigenvalue weighted by molar-refractivity contribution is -0.167. The second-order valence-electron chi connectivity index (χ2n) is 10.4. The molecule has 216 valence electrons. The number of amides is 2. The van der Waals surface area contributed by atoms with E-state index >= 15 is 0 Å². The Kier molecular flexibility index (Phi) is 11.9. The molecule has 1 saturated heterocycles. The average Bonchev–Trinajstić information content (AvgIpc) is 3.29. The fraction of sp³-hybridized carbons (Fsp3) is 0.607. The summed E-state index contributed by atoms with van der Waals surface area (Å²) in [6.07, 6.45) is -2.01. The number of likely N-dealkylation sites (tertiary alicyclic amines) is 1. The Bertz CT molecular complexity index is 1020. The Balaban J connectivity index is 2.42. The number of carboxylic acids is 1. The van der Waals surface area contributed by atoms with Crippen molar-refractivity contribution in [2.45, 2.75) is 90.6 Å². The number of carbonyl (C=O) groups is 5. The Morgan fingerprint density at radius 1 is 1.13 bits per heavy atom. The molecule has 1 aliphatic heterocycles. The first kappa shape index (κ1) is 31.7. The van der Waals surface area contributed by atoms with Gasteiger partial charge in [-0.25, -0.2) is 4.79 Å². The van der Waals surface area contributed by atoms with Gasteiger partial charge in [0.1, 0.15) is 24.3 Å². The van der Waals surface area contributed by atoms with E-state index < -0.39 is 60.6 Å². The number of esters is 2. The van der Waals surface area contributed by atoms with Gasteiger partial charge in [0, 0.05) is 32.2 Å². The van der Waals surface area contributed by atoms with Crippen LogP contribution < -0.4 is 11.1 Å². The summed E-state index contributed by atoms with van der Waals surface area (Å²) in [5, 5.41) is 12.4. The van der Waals surface area contributed by atoms with Crippen molar-refractivity contribution in [1.29, 1.82) is 0 Å². The number of carbonyl (C=O) groups excluding carboxylic acids is 4. The van der Waals surface area contributed by atoms with Crippen LogP contribution in [0.3, 0.4) is 0 Å². The Labute approximate surface area is 229 Å². The predicted molar refractivity (Wildman–Crippen MR) is 142 cm³/mol. The molecule has 1 fully saturated rings. The van der Waals surface area contributed by atoms with Crippen molar-refractivity contribution in [3.8, 4) is 0 Å². The number of carboxylic acid groups (broad SMARTS) is 1. The first-order chi connectivity index (χ1) is 18.3. The van der Waals surface area contributed by atoms with E-state index in [1.807, 2.05) is 13.0 Å². The van der Waals surface area contributed by atoms with E-state index in [1.165, 1.54) is 11.8 Å². The molecule has 1 aliphatic rings. The van der Waals surface area contributed by atoms with Crippen molar-refractivity contribution in [3.63, 3.8) is 0 Å². The summed E-state index contributed by atoms with van der Waals surface area (Å²) in [6, 6.07) is 5.95. The molecular formula is C28H41N3O8. The monoisotopic (exact) mass is 547 g/mol. The zero-order valence-electron chi connectivity index (χ0n) is 23.3. The molecule has 1 heterocycles. The fourth-order valence-corrected chi connectivity index (χ4v) is 4.48. The maximum absolute atomic E-state index is 13.5. The molecule has 11 nitrogen and oxygen atoms in total. The number of nitrogens with zero attached hydrogens (tertiary/aromatic N) is 1. The van der Waals surface area contributed by atoms with Gasteiger partial charge in [0.15, 0.2) is 0 Å². The summed E-state index contributed by atoms with van der Waals surface area (Å²) < 4.78 is 11.2. The normalized spacial score (nSPS) is 20.0. The first-order valence-electron chi connectivity index (χ1n) is 13.3. The third kappa shape index (κ3) is 9.05. The van der Waals surface area contributed by atoms with Crippen molar-refractivity contribution >= 4 is 29.7 Å². The molecule has 0 saturated carbocycles. The van der Waals surface area contributed by atoms with Gasteiger partial charge < -0.3 is 30.5 Å². The van der Waals surface area contributed by atoms with Crippen molar-refractivity contribution in [1.82, 2.24) is 10.2 Å². The lowest BCUT2D eigenvalue weighted by Gasteiger charge is -2.35. The number of hydrogen-bond donors (Lipinski definition) is 3. The smallest absolute Gasteiger partial charge is 0.329 e. The number of rotatable bonds is 13. The fourth-order valence-electron chi connectivity index (χ4n) is 4.48. The van der Waals surface area contributed by atoms with E-state index in [9.17, 15) is 29.1 Å². The lowest BCUT2D eigenvalue weighted by atomic mass is 9.99. The minimum absolute atomic E-state index is 0.112. The quantitative estimate of drug-likeness (QED) is 0.311. The molecule has 0 aliphatic carbocycles. The average molecular weight is 548 g/mol. The zero-order chi connectivity index (χ0) is 29.3. The topological polar surface area (TPSA) is 165 Å². The standard InChI is InChI=1S/C28H41N3O8/c1-6-17(4)26(35)30-20(14-19-10-8-7-9-11-19)28(37)39-22(15-23(33)34)25-21(38-18(5)32)12-13-31(25)27(36)24(29)16(2)3/h7-11,16-17,20-22,24-25H,6,12-15,29H2,1-5H3,(H,30,35)(H,33,34)/t17-,20+,21+,22-,24-,25+/m0/s1. The van der Waals surface area contributed by atoms with Gasteiger partial charge in [-0.2, -0.15) is 0 Å². The van der Waals surface area contributed by atoms with Crippen molar-refractivity contribution in [3.05, 3.63) is 35.9 Å². The highest BCUT2D eigenvalue weighted by Gasteiger charge is 2.48. The maximum Gasteiger partial charge on any atom is 0.329 e. The highest BCUT2D eigenvalue weighted by molar-refractivity contribution is 5.86. The van der Waals surface area contributed by atoms with Crippen LogP contribution in [0.1, 0.15) is 59.4 Å². The molecule has 1 aromatic carbocycles. The van der Waals surface area contributed by atoms with Crippen LogP contribution >= 0.6 is 0 Å². The summed E-state index contributed by atoms with van der Waals surface area (Å²) in [7, 11) is 0. The van der Waals surface area contributed by atoms with Gasteiger partial charge in [-0.15, -0.1) is 0 Å². The van der Waals surface area contributed by atoms with Crippen LogP contribution in [0.25, 0.3) is 0 Å². The number of hydrogen-bond acceptors (Lipinski definition) is 8. The van der Waals surface area contributed by atoms with E-state index in [0.717, 1.165) is 5.56 Å². The van der Waals surface area contributed by atoms with Crippen LogP contribution in [0.15, 0.2) is 30.3 Å². The minimum Gasteiger partial charge on any atom is -0.481 e. The second kappa shape index (κ2) is 14.6. The number of nitrogens with two attached hydrogens (primary N) is 1. The molecule has 0 radical (unpaired) electrons. The summed E-state index contributed by atoms with van der Waals surface area (Å²) in [6.45, 7) is 8.49. The maximum atomic E-state index is 13.5. The molecule has 39 heavy (non-hydrogen) atoms. The SMILES string of the molecule is CC[C@H](C)C(=O)N[C@H](Cc1ccccc1)C(=O)O[C@@H](CC(=O)O)[C@H]1[C@H](OC(C)=O)CCN1C(=O)[C@@H](N)C(C)C. The lowest BCUT2D eigenvalue weighted by Crippen LogP contribution is -2.56. The van der Waals surface area contributed by atoms with E-state index in [-0.39, 0.29) is 37.1 Å². The highest BCUT2D eigenvalue weighted by Crippen LogP contribution is 2.29. The third-order valence-electron chi connectivity index (χ3n) is 6.97. The number of ether oxygens (including phenoxy) is 2. The molecule has 0 spiro atoms. The van der Waals surface area contributed by atoms with Gasteiger partial charge in [-0.05, 0) is 17.9 Å². The largest absolute Gasteiger partial charge is 0.481 e. The summed E-state index contributed by atoms with van der Waals surface area (Å²) in [5.41, 5.74) is 6.87. The molecule has 6 atom stereocenters. The zero-order valence-corrected chi connectivity index (χ0v) is 23.3. The van der Waals surface area contributed by atoms with Crippen LogP contribution in [0.5, 0.6) is 0 Å². The summed E-state index contributed by atoms with van der Waals surface area (Å²) in [4.78, 5) is 64.5. The molecule has 4 N–H and O–H groups in total. The number of aliphatic carboxylic acids is 1. The Morgan fingerprint density at radius 2 is 1.77 bits per heavy atom. The molecule has 1 aromatic rings. The van der Waals surface area contributed by atoms with Crippen LogP contribution in [-0.4, -0.2) is 76.6 Å². The van der Waals surface area contributed by atoms with Gasteiger partial charge in [0.05, 0.1) is 12.5 Å². The molecule has 11 heteroatoms. The third-order valence-corrected chi connectivity index (χ3v) is 6.97. The van der Waals surface area contributed by atoms with Crippen molar-refractivity contribution in [2.24, 2.45) is 17.6 Å². The van der Waals surface area contributed by atoms with Crippen LogP contribution in [0.4, 0.5) is 0 Å². The van der Waals surface area contributed by atoms with Gasteiger partial charge in [0.2, 0.25) is 11.8 Å². The number of benzene rings is 1. The Morgan fingerprint density at radius 3 is 2.31 bits per heavy atom. The van der Waals surface area contributed by atoms with E-state index in [0.29, 0.717) is 6.42 Å². The van der Waals surface area contributed by atoms with Crippen LogP contribution in [-0.2, 0) is 39.9 Å². The van der Waals surface area contributed by atoms with Crippen LogP contribution in [0.2, 0.25) is 0 Å². The molecule has 0 unspecified atom stereocenters. The van der Waals surface area contributed by atoms with Gasteiger partial charge in [-0.1, -0.05) is 58.0 Å². The Hall–Kier alpha value is -3.47. The molecule has 0 bridgehead atoms. The van der Waals surface area contributed by atoms with Crippen molar-refractivity contribution < 1.29 is 38.6 Å². The van der Waals surface area contributed by atoms with Gasteiger partial charge >= 0.3 is 17.9 Å². The summed E-state index contributed by atoms with van der Waals surface area (Å²) >= 11 is 0. The minimum atomic E-state index is -1.36. The van der Waals surface area contributed by atoms with Crippen LogP contribution in [0, 0.1) is 11.8 Å². The molecule has 0 aromatic heterocycles. The number of nitrogens with one attached hydrogen (secondary N) is 1. The highest BCUT2D eigenvalue weighted by atomic mass is 16.6. The van der Waals surface area contributed by atoms with E-state index in [4.69, 9.17) is 15.2 Å². The van der Waals surface area contributed by atoms with Gasteiger partial charge in [-0.3, -0.25) is 19.2 Å². The van der Waals surface area contributed by atoms with Crippen molar-refractivity contribution in [2.75, 3.05) is 6.54 Å². The molecule has 2 amide bonds. The second-order valence-corrected chi connectivity index (χ2v) is 10.4. The first-order valence-corrected chi connectivity index (χ1v) is 13.3. The molecular weight excluding hydrogens is 506 g/mol.